The van der Waals surface area contributed by atoms with E-state index in [9.17, 15) is 4.79 Å². The highest BCUT2D eigenvalue weighted by atomic mass is 16.5. The van der Waals surface area contributed by atoms with E-state index in [-0.39, 0.29) is 11.7 Å². The maximum Gasteiger partial charge on any atom is 0.292 e. The zero-order valence-electron chi connectivity index (χ0n) is 11.6. The molecule has 19 heavy (non-hydrogen) atoms. The van der Waals surface area contributed by atoms with Crippen molar-refractivity contribution in [3.05, 3.63) is 11.7 Å². The molecule has 0 bridgehead atoms. The molecule has 1 amide bonds. The average Bonchev–Trinajstić information content (AvgIpc) is 3.04. The Hall–Kier alpha value is -1.43. The predicted molar refractivity (Wildman–Crippen MR) is 70.5 cm³/mol. The lowest BCUT2D eigenvalue weighted by Gasteiger charge is -2.14. The van der Waals surface area contributed by atoms with Gasteiger partial charge in [-0.05, 0) is 37.6 Å². The number of rotatable bonds is 7. The van der Waals surface area contributed by atoms with Gasteiger partial charge in [0.15, 0.2) is 0 Å². The van der Waals surface area contributed by atoms with Gasteiger partial charge < -0.3 is 15.6 Å². The fourth-order valence-corrected chi connectivity index (χ4v) is 2.08. The zero-order chi connectivity index (χ0) is 13.8. The standard InChI is InChI=1S/C13H22N4O2/c1-8(2)5-9(7-14)6-11-16-12(17-19-11)13(18)15-10-3-4-10/h8-10H,3-7,14H2,1-2H3,(H,15,18). The van der Waals surface area contributed by atoms with Crippen LogP contribution in [0.1, 0.15) is 49.6 Å². The highest BCUT2D eigenvalue weighted by Gasteiger charge is 2.26. The van der Waals surface area contributed by atoms with E-state index < -0.39 is 0 Å². The molecule has 1 fully saturated rings. The number of aromatic nitrogens is 2. The van der Waals surface area contributed by atoms with E-state index in [4.69, 9.17) is 10.3 Å². The fraction of sp³-hybridized carbons (Fsp3) is 0.769. The van der Waals surface area contributed by atoms with Crippen molar-refractivity contribution in [2.75, 3.05) is 6.54 Å². The molecule has 0 radical (unpaired) electrons. The number of nitrogens with one attached hydrogen (secondary N) is 1. The van der Waals surface area contributed by atoms with Crippen LogP contribution >= 0.6 is 0 Å². The van der Waals surface area contributed by atoms with Gasteiger partial charge in [-0.1, -0.05) is 19.0 Å². The van der Waals surface area contributed by atoms with E-state index in [1.807, 2.05) is 0 Å². The van der Waals surface area contributed by atoms with Gasteiger partial charge in [-0.2, -0.15) is 4.98 Å². The smallest absolute Gasteiger partial charge is 0.292 e. The van der Waals surface area contributed by atoms with Crippen LogP contribution in [0.15, 0.2) is 4.52 Å². The lowest BCUT2D eigenvalue weighted by molar-refractivity contribution is 0.0937. The van der Waals surface area contributed by atoms with Crippen LogP contribution < -0.4 is 11.1 Å². The highest BCUT2D eigenvalue weighted by molar-refractivity contribution is 5.90. The van der Waals surface area contributed by atoms with Gasteiger partial charge in [0, 0.05) is 12.5 Å². The first-order valence-corrected chi connectivity index (χ1v) is 6.92. The number of nitrogens with two attached hydrogens (primary N) is 1. The van der Waals surface area contributed by atoms with Gasteiger partial charge in [0.2, 0.25) is 5.89 Å². The second kappa shape index (κ2) is 6.14. The van der Waals surface area contributed by atoms with Crippen LogP contribution in [0.25, 0.3) is 0 Å². The third-order valence-corrected chi connectivity index (χ3v) is 3.19. The van der Waals surface area contributed by atoms with Crippen molar-refractivity contribution in [1.29, 1.82) is 0 Å². The third kappa shape index (κ3) is 4.31. The molecule has 0 spiro atoms. The minimum atomic E-state index is -0.245. The summed E-state index contributed by atoms with van der Waals surface area (Å²) in [5, 5.41) is 6.56. The molecule has 0 aromatic carbocycles. The van der Waals surface area contributed by atoms with Crippen LogP contribution in [-0.4, -0.2) is 28.6 Å². The van der Waals surface area contributed by atoms with Crippen molar-refractivity contribution >= 4 is 5.91 Å². The maximum atomic E-state index is 11.7. The van der Waals surface area contributed by atoms with Gasteiger partial charge in [0.25, 0.3) is 11.7 Å². The normalized spacial score (nSPS) is 16.6. The van der Waals surface area contributed by atoms with Crippen molar-refractivity contribution in [2.45, 2.75) is 45.6 Å². The second-order valence-corrected chi connectivity index (χ2v) is 5.69. The molecule has 1 atom stereocenters. The van der Waals surface area contributed by atoms with Gasteiger partial charge in [-0.25, -0.2) is 0 Å². The number of amides is 1. The van der Waals surface area contributed by atoms with Crippen molar-refractivity contribution in [3.8, 4) is 0 Å². The van der Waals surface area contributed by atoms with E-state index in [1.165, 1.54) is 0 Å². The van der Waals surface area contributed by atoms with E-state index in [0.29, 0.717) is 36.7 Å². The van der Waals surface area contributed by atoms with Crippen LogP contribution in [-0.2, 0) is 6.42 Å². The number of carbonyl (C=O) groups is 1. The molecule has 1 heterocycles. The van der Waals surface area contributed by atoms with Crippen molar-refractivity contribution in [3.63, 3.8) is 0 Å². The first-order valence-electron chi connectivity index (χ1n) is 6.92. The molecule has 1 aliphatic carbocycles. The molecule has 6 nitrogen and oxygen atoms in total. The summed E-state index contributed by atoms with van der Waals surface area (Å²) in [6, 6.07) is 0.298. The number of hydrogen-bond donors (Lipinski definition) is 2. The molecular formula is C13H22N4O2. The van der Waals surface area contributed by atoms with Gasteiger partial charge >= 0.3 is 0 Å². The lowest BCUT2D eigenvalue weighted by atomic mass is 9.94. The number of hydrogen-bond acceptors (Lipinski definition) is 5. The Morgan fingerprint density at radius 3 is 2.84 bits per heavy atom. The van der Waals surface area contributed by atoms with Gasteiger partial charge in [-0.3, -0.25) is 4.79 Å². The van der Waals surface area contributed by atoms with Crippen LogP contribution in [0.3, 0.4) is 0 Å². The maximum absolute atomic E-state index is 11.7. The molecule has 1 aromatic heterocycles. The lowest BCUT2D eigenvalue weighted by Crippen LogP contribution is -2.26. The molecule has 1 aromatic rings. The zero-order valence-corrected chi connectivity index (χ0v) is 11.6. The molecule has 0 aliphatic heterocycles. The molecular weight excluding hydrogens is 244 g/mol. The summed E-state index contributed by atoms with van der Waals surface area (Å²) in [6.45, 7) is 4.90. The number of nitrogens with zero attached hydrogens (tertiary/aromatic N) is 2. The minimum absolute atomic E-state index is 0.127. The summed E-state index contributed by atoms with van der Waals surface area (Å²) in [5.74, 6) is 1.28. The van der Waals surface area contributed by atoms with Crippen molar-refractivity contribution < 1.29 is 9.32 Å². The monoisotopic (exact) mass is 266 g/mol. The summed E-state index contributed by atoms with van der Waals surface area (Å²) in [7, 11) is 0. The van der Waals surface area contributed by atoms with Crippen LogP contribution in [0.4, 0.5) is 0 Å². The number of carbonyl (C=O) groups excluding carboxylic acids is 1. The Morgan fingerprint density at radius 2 is 2.26 bits per heavy atom. The fourth-order valence-electron chi connectivity index (χ4n) is 2.08. The van der Waals surface area contributed by atoms with Crippen molar-refractivity contribution in [1.82, 2.24) is 15.5 Å². The summed E-state index contributed by atoms with van der Waals surface area (Å²) < 4.78 is 5.12. The van der Waals surface area contributed by atoms with E-state index >= 15 is 0 Å². The Balaban J connectivity index is 1.89. The molecule has 2 rings (SSSR count). The van der Waals surface area contributed by atoms with Crippen LogP contribution in [0, 0.1) is 11.8 Å². The van der Waals surface area contributed by atoms with E-state index in [1.54, 1.807) is 0 Å². The predicted octanol–water partition coefficient (Wildman–Crippen LogP) is 1.13. The Bertz CT molecular complexity index is 426. The molecule has 1 saturated carbocycles. The van der Waals surface area contributed by atoms with Crippen LogP contribution in [0.5, 0.6) is 0 Å². The Kier molecular flexibility index (Phi) is 4.52. The molecule has 0 saturated heterocycles. The first-order chi connectivity index (χ1) is 9.08. The van der Waals surface area contributed by atoms with E-state index in [2.05, 4.69) is 29.3 Å². The summed E-state index contributed by atoms with van der Waals surface area (Å²) >= 11 is 0. The summed E-state index contributed by atoms with van der Waals surface area (Å²) in [5.41, 5.74) is 5.74. The molecule has 1 aliphatic rings. The Morgan fingerprint density at radius 1 is 1.53 bits per heavy atom. The molecule has 106 valence electrons. The average molecular weight is 266 g/mol. The largest absolute Gasteiger partial charge is 0.346 e. The quantitative estimate of drug-likeness (QED) is 0.771. The van der Waals surface area contributed by atoms with Crippen molar-refractivity contribution in [2.24, 2.45) is 17.6 Å². The summed E-state index contributed by atoms with van der Waals surface area (Å²) in [4.78, 5) is 15.9. The van der Waals surface area contributed by atoms with Gasteiger partial charge in [0.05, 0.1) is 0 Å². The Labute approximate surface area is 113 Å². The second-order valence-electron chi connectivity index (χ2n) is 5.69. The highest BCUT2D eigenvalue weighted by Crippen LogP contribution is 2.19. The SMILES string of the molecule is CC(C)CC(CN)Cc1nc(C(=O)NC2CC2)no1. The van der Waals surface area contributed by atoms with Crippen LogP contribution in [0.2, 0.25) is 0 Å². The molecule has 6 heteroatoms. The topological polar surface area (TPSA) is 94.0 Å². The van der Waals surface area contributed by atoms with E-state index in [0.717, 1.165) is 19.3 Å². The van der Waals surface area contributed by atoms with Gasteiger partial charge in [-0.15, -0.1) is 0 Å². The summed E-state index contributed by atoms with van der Waals surface area (Å²) in [6.07, 6.45) is 3.74. The van der Waals surface area contributed by atoms with Gasteiger partial charge in [0.1, 0.15) is 0 Å². The third-order valence-electron chi connectivity index (χ3n) is 3.19. The molecule has 3 N–H and O–H groups in total. The first kappa shape index (κ1) is 14.0. The molecule has 1 unspecified atom stereocenters. The minimum Gasteiger partial charge on any atom is -0.346 e.